The lowest BCUT2D eigenvalue weighted by atomic mass is 9.67. The summed E-state index contributed by atoms with van der Waals surface area (Å²) < 4.78 is 0. The van der Waals surface area contributed by atoms with E-state index in [1.54, 1.807) is 0 Å². The molecular formula is C47H33N3S. The smallest absolute Gasteiger partial charge is 0.163 e. The molecule has 242 valence electrons. The summed E-state index contributed by atoms with van der Waals surface area (Å²) in [6.07, 6.45) is 7.01. The molecule has 51 heavy (non-hydrogen) atoms. The largest absolute Gasteiger partial charge is 0.212 e. The van der Waals surface area contributed by atoms with Gasteiger partial charge < -0.3 is 0 Å². The molecule has 1 spiro atoms. The molecule has 2 aliphatic carbocycles. The highest BCUT2D eigenvalue weighted by Gasteiger charge is 2.50. The molecule has 0 saturated heterocycles. The van der Waals surface area contributed by atoms with Crippen LogP contribution >= 0.6 is 11.8 Å². The van der Waals surface area contributed by atoms with E-state index in [0.29, 0.717) is 11.6 Å². The van der Waals surface area contributed by atoms with Crippen molar-refractivity contribution in [2.75, 3.05) is 0 Å². The molecule has 7 aromatic rings. The second-order valence-electron chi connectivity index (χ2n) is 13.6. The fraction of sp³-hybridized carbons (Fsp3) is 0.0851. The van der Waals surface area contributed by atoms with E-state index in [1.807, 2.05) is 48.2 Å². The van der Waals surface area contributed by atoms with E-state index in [4.69, 9.17) is 15.0 Å². The third-order valence-electron chi connectivity index (χ3n) is 10.7. The Labute approximate surface area is 302 Å². The number of hydrogen-bond acceptors (Lipinski definition) is 4. The van der Waals surface area contributed by atoms with E-state index in [9.17, 15) is 0 Å². The molecular weight excluding hydrogens is 639 g/mol. The zero-order valence-electron chi connectivity index (χ0n) is 28.1. The average molecular weight is 672 g/mol. The van der Waals surface area contributed by atoms with Crippen LogP contribution in [0.1, 0.15) is 46.5 Å². The fourth-order valence-electron chi connectivity index (χ4n) is 8.44. The van der Waals surface area contributed by atoms with Crippen LogP contribution in [-0.2, 0) is 5.41 Å². The van der Waals surface area contributed by atoms with E-state index < -0.39 is 0 Å². The summed E-state index contributed by atoms with van der Waals surface area (Å²) in [6.45, 7) is 2.28. The summed E-state index contributed by atoms with van der Waals surface area (Å²) in [5.41, 5.74) is 12.1. The van der Waals surface area contributed by atoms with Crippen molar-refractivity contribution >= 4 is 17.3 Å². The predicted molar refractivity (Wildman–Crippen MR) is 208 cm³/mol. The standard InChI is InChI=1S/C47H33N3S/c1-30-29-33(27-28-34(30)46-49-44(31-15-4-2-5-16-31)48-45(50-46)32-17-6-3-7-18-32)35-20-14-24-40-43(35)36-19-8-9-21-37(36)47(40)38-22-10-12-25-41(38)51-42-26-13-11-23-39(42)47/h2-30,34H,1H3. The van der Waals surface area contributed by atoms with Gasteiger partial charge in [0, 0.05) is 26.8 Å². The van der Waals surface area contributed by atoms with Crippen molar-refractivity contribution in [2.45, 2.75) is 28.0 Å². The molecule has 3 nitrogen and oxygen atoms in total. The lowest BCUT2D eigenvalue weighted by Gasteiger charge is -2.39. The van der Waals surface area contributed by atoms with Crippen molar-refractivity contribution in [1.82, 2.24) is 15.0 Å². The summed E-state index contributed by atoms with van der Waals surface area (Å²) in [5.74, 6) is 2.35. The molecule has 6 aromatic carbocycles. The highest BCUT2D eigenvalue weighted by molar-refractivity contribution is 7.99. The Morgan fingerprint density at radius 2 is 1.04 bits per heavy atom. The Hall–Kier alpha value is -5.84. The molecule has 3 aliphatic rings. The van der Waals surface area contributed by atoms with Crippen molar-refractivity contribution in [3.63, 3.8) is 0 Å². The molecule has 1 aromatic heterocycles. The highest BCUT2D eigenvalue weighted by Crippen LogP contribution is 2.63. The van der Waals surface area contributed by atoms with Gasteiger partial charge in [0.15, 0.2) is 11.6 Å². The Morgan fingerprint density at radius 3 is 1.67 bits per heavy atom. The first kappa shape index (κ1) is 30.0. The first-order valence-electron chi connectivity index (χ1n) is 17.6. The predicted octanol–water partition coefficient (Wildman–Crippen LogP) is 11.4. The van der Waals surface area contributed by atoms with Crippen LogP contribution in [0.5, 0.6) is 0 Å². The number of fused-ring (bicyclic) bond motifs is 9. The minimum atomic E-state index is -0.389. The molecule has 2 heterocycles. The van der Waals surface area contributed by atoms with Gasteiger partial charge in [-0.1, -0.05) is 176 Å². The van der Waals surface area contributed by atoms with Crippen molar-refractivity contribution in [3.8, 4) is 33.9 Å². The maximum atomic E-state index is 5.08. The van der Waals surface area contributed by atoms with Gasteiger partial charge in [-0.05, 0) is 62.6 Å². The number of hydrogen-bond donors (Lipinski definition) is 0. The molecule has 0 N–H and O–H groups in total. The fourth-order valence-corrected chi connectivity index (χ4v) is 9.64. The molecule has 0 radical (unpaired) electrons. The normalized spacial score (nSPS) is 17.6. The molecule has 0 bridgehead atoms. The van der Waals surface area contributed by atoms with Gasteiger partial charge in [0.25, 0.3) is 0 Å². The van der Waals surface area contributed by atoms with Gasteiger partial charge >= 0.3 is 0 Å². The van der Waals surface area contributed by atoms with Crippen molar-refractivity contribution < 1.29 is 0 Å². The van der Waals surface area contributed by atoms with E-state index in [2.05, 4.69) is 140 Å². The van der Waals surface area contributed by atoms with Crippen LogP contribution in [0.2, 0.25) is 0 Å². The third kappa shape index (κ3) is 4.63. The zero-order chi connectivity index (χ0) is 33.9. The summed E-state index contributed by atoms with van der Waals surface area (Å²) >= 11 is 1.88. The monoisotopic (exact) mass is 671 g/mol. The molecule has 2 unspecified atom stereocenters. The van der Waals surface area contributed by atoms with Crippen LogP contribution in [0.15, 0.2) is 180 Å². The first-order valence-corrected chi connectivity index (χ1v) is 18.4. The number of aromatic nitrogens is 3. The third-order valence-corrected chi connectivity index (χ3v) is 11.8. The Morgan fingerprint density at radius 1 is 0.510 bits per heavy atom. The van der Waals surface area contributed by atoms with E-state index in [-0.39, 0.29) is 17.3 Å². The second kappa shape index (κ2) is 11.9. The molecule has 0 fully saturated rings. The van der Waals surface area contributed by atoms with Crippen LogP contribution in [-0.4, -0.2) is 15.0 Å². The van der Waals surface area contributed by atoms with Crippen LogP contribution in [0.4, 0.5) is 0 Å². The summed E-state index contributed by atoms with van der Waals surface area (Å²) in [6, 6.07) is 54.4. The zero-order valence-corrected chi connectivity index (χ0v) is 28.9. The van der Waals surface area contributed by atoms with Gasteiger partial charge in [-0.25, -0.2) is 15.0 Å². The summed E-state index contributed by atoms with van der Waals surface area (Å²) in [7, 11) is 0. The van der Waals surface area contributed by atoms with Crippen LogP contribution in [0.25, 0.3) is 39.5 Å². The van der Waals surface area contributed by atoms with Crippen molar-refractivity contribution in [1.29, 1.82) is 0 Å². The molecule has 1 aliphatic heterocycles. The van der Waals surface area contributed by atoms with Gasteiger partial charge in [-0.15, -0.1) is 0 Å². The number of benzene rings is 6. The van der Waals surface area contributed by atoms with Gasteiger partial charge in [-0.3, -0.25) is 0 Å². The molecule has 0 amide bonds. The average Bonchev–Trinajstić information content (AvgIpc) is 3.49. The van der Waals surface area contributed by atoms with Crippen molar-refractivity contribution in [2.24, 2.45) is 5.92 Å². The van der Waals surface area contributed by atoms with Gasteiger partial charge in [-0.2, -0.15) is 0 Å². The van der Waals surface area contributed by atoms with E-state index in [1.165, 1.54) is 54.3 Å². The molecule has 2 atom stereocenters. The number of nitrogens with zero attached hydrogens (tertiary/aromatic N) is 3. The lowest BCUT2D eigenvalue weighted by Crippen LogP contribution is -2.31. The SMILES string of the molecule is CC1C=C(c2cccc3c2-c2ccccc2C32c3ccccc3Sc3ccccc32)C=CC1c1nc(-c2ccccc2)nc(-c2ccccc2)n1. The second-order valence-corrected chi connectivity index (χ2v) is 14.6. The maximum absolute atomic E-state index is 5.08. The topological polar surface area (TPSA) is 38.7 Å². The summed E-state index contributed by atoms with van der Waals surface area (Å²) in [5, 5.41) is 0. The van der Waals surface area contributed by atoms with Crippen molar-refractivity contribution in [3.05, 3.63) is 204 Å². The Bertz CT molecular complexity index is 2430. The number of allylic oxidation sites excluding steroid dienone is 4. The highest BCUT2D eigenvalue weighted by atomic mass is 32.2. The van der Waals surface area contributed by atoms with Gasteiger partial charge in [0.2, 0.25) is 0 Å². The first-order chi connectivity index (χ1) is 25.2. The van der Waals surface area contributed by atoms with Gasteiger partial charge in [0.1, 0.15) is 5.82 Å². The van der Waals surface area contributed by atoms with Crippen LogP contribution < -0.4 is 0 Å². The van der Waals surface area contributed by atoms with Gasteiger partial charge in [0.05, 0.1) is 5.41 Å². The molecule has 0 saturated carbocycles. The van der Waals surface area contributed by atoms with Crippen LogP contribution in [0.3, 0.4) is 0 Å². The lowest BCUT2D eigenvalue weighted by molar-refractivity contribution is 0.602. The maximum Gasteiger partial charge on any atom is 0.163 e. The summed E-state index contributed by atoms with van der Waals surface area (Å²) in [4.78, 5) is 17.7. The van der Waals surface area contributed by atoms with E-state index >= 15 is 0 Å². The Kier molecular flexibility index (Phi) is 7.00. The molecule has 10 rings (SSSR count). The minimum Gasteiger partial charge on any atom is -0.212 e. The van der Waals surface area contributed by atoms with E-state index in [0.717, 1.165) is 17.0 Å². The Balaban J connectivity index is 1.11. The molecule has 4 heteroatoms. The van der Waals surface area contributed by atoms with Crippen LogP contribution in [0, 0.1) is 5.92 Å². The minimum absolute atomic E-state index is 0.00573. The quantitative estimate of drug-likeness (QED) is 0.187. The number of rotatable bonds is 4.